The standard InChI is InChI=1S/C17H25FN2O/c1-20(16-6-2-14(18)3-7-16)13-17(8-10-21-11-9-17)12-19-15-4-5-15/h2-3,6-7,15,19H,4-5,8-13H2,1H3. The van der Waals surface area contributed by atoms with Crippen molar-refractivity contribution in [2.24, 2.45) is 5.41 Å². The second kappa shape index (κ2) is 6.32. The molecule has 0 amide bonds. The molecule has 1 saturated heterocycles. The van der Waals surface area contributed by atoms with E-state index < -0.39 is 0 Å². The number of hydrogen-bond acceptors (Lipinski definition) is 3. The highest BCUT2D eigenvalue weighted by Crippen LogP contribution is 2.33. The molecule has 2 fully saturated rings. The molecular formula is C17H25FN2O. The maximum Gasteiger partial charge on any atom is 0.123 e. The van der Waals surface area contributed by atoms with E-state index in [4.69, 9.17) is 4.74 Å². The van der Waals surface area contributed by atoms with E-state index in [1.54, 1.807) is 0 Å². The van der Waals surface area contributed by atoms with Crippen LogP contribution in [0.1, 0.15) is 25.7 Å². The fraction of sp³-hybridized carbons (Fsp3) is 0.647. The molecule has 1 aliphatic heterocycles. The number of halogens is 1. The van der Waals surface area contributed by atoms with E-state index in [0.717, 1.165) is 50.9 Å². The molecule has 0 aromatic heterocycles. The first-order chi connectivity index (χ1) is 10.2. The number of ether oxygens (including phenoxy) is 1. The molecular weight excluding hydrogens is 267 g/mol. The van der Waals surface area contributed by atoms with Gasteiger partial charge >= 0.3 is 0 Å². The third-order valence-corrected chi connectivity index (χ3v) is 4.74. The van der Waals surface area contributed by atoms with Crippen molar-refractivity contribution < 1.29 is 9.13 Å². The number of nitrogens with zero attached hydrogens (tertiary/aromatic N) is 1. The van der Waals surface area contributed by atoms with Gasteiger partial charge in [0.05, 0.1) is 0 Å². The third kappa shape index (κ3) is 3.95. The number of nitrogens with one attached hydrogen (secondary N) is 1. The molecule has 3 nitrogen and oxygen atoms in total. The summed E-state index contributed by atoms with van der Waals surface area (Å²) in [5.41, 5.74) is 1.35. The fourth-order valence-corrected chi connectivity index (χ4v) is 3.13. The Morgan fingerprint density at radius 2 is 1.90 bits per heavy atom. The maximum absolute atomic E-state index is 13.1. The van der Waals surface area contributed by atoms with Gasteiger partial charge in [0, 0.05) is 50.5 Å². The fourth-order valence-electron chi connectivity index (χ4n) is 3.13. The molecule has 2 aliphatic rings. The van der Waals surface area contributed by atoms with Crippen LogP contribution in [0.25, 0.3) is 0 Å². The minimum atomic E-state index is -0.177. The van der Waals surface area contributed by atoms with E-state index in [1.807, 2.05) is 12.1 Å². The first-order valence-corrected chi connectivity index (χ1v) is 7.95. The Morgan fingerprint density at radius 1 is 1.24 bits per heavy atom. The molecule has 1 N–H and O–H groups in total. The lowest BCUT2D eigenvalue weighted by Crippen LogP contribution is -2.47. The Bertz CT molecular complexity index is 452. The minimum absolute atomic E-state index is 0.177. The van der Waals surface area contributed by atoms with Gasteiger partial charge in [0.2, 0.25) is 0 Å². The van der Waals surface area contributed by atoms with Crippen molar-refractivity contribution in [3.05, 3.63) is 30.1 Å². The smallest absolute Gasteiger partial charge is 0.123 e. The van der Waals surface area contributed by atoms with Crippen LogP contribution in [-0.4, -0.2) is 39.4 Å². The normalized spacial score (nSPS) is 21.2. The molecule has 1 aliphatic carbocycles. The lowest BCUT2D eigenvalue weighted by Gasteiger charge is -2.41. The Hall–Kier alpha value is -1.13. The van der Waals surface area contributed by atoms with Crippen molar-refractivity contribution in [3.8, 4) is 0 Å². The summed E-state index contributed by atoms with van der Waals surface area (Å²) in [4.78, 5) is 2.25. The number of anilines is 1. The van der Waals surface area contributed by atoms with Gasteiger partial charge in [0.15, 0.2) is 0 Å². The van der Waals surface area contributed by atoms with Gasteiger partial charge in [0.1, 0.15) is 5.82 Å². The molecule has 3 rings (SSSR count). The van der Waals surface area contributed by atoms with Crippen LogP contribution in [0, 0.1) is 11.2 Å². The van der Waals surface area contributed by atoms with Crippen LogP contribution in [-0.2, 0) is 4.74 Å². The van der Waals surface area contributed by atoms with E-state index >= 15 is 0 Å². The summed E-state index contributed by atoms with van der Waals surface area (Å²) in [6.45, 7) is 3.75. The van der Waals surface area contributed by atoms with Crippen LogP contribution in [0.3, 0.4) is 0 Å². The first-order valence-electron chi connectivity index (χ1n) is 7.95. The second-order valence-corrected chi connectivity index (χ2v) is 6.60. The summed E-state index contributed by atoms with van der Waals surface area (Å²) < 4.78 is 18.6. The molecule has 1 saturated carbocycles. The summed E-state index contributed by atoms with van der Waals surface area (Å²) in [6, 6.07) is 7.52. The predicted octanol–water partition coefficient (Wildman–Crippen LogP) is 2.81. The zero-order valence-corrected chi connectivity index (χ0v) is 12.8. The van der Waals surface area contributed by atoms with Crippen molar-refractivity contribution in [1.29, 1.82) is 0 Å². The van der Waals surface area contributed by atoms with Gasteiger partial charge in [-0.15, -0.1) is 0 Å². The Labute approximate surface area is 126 Å². The number of hydrogen-bond donors (Lipinski definition) is 1. The van der Waals surface area contributed by atoms with Crippen LogP contribution in [0.4, 0.5) is 10.1 Å². The quantitative estimate of drug-likeness (QED) is 0.872. The molecule has 0 spiro atoms. The van der Waals surface area contributed by atoms with Gasteiger partial charge in [-0.3, -0.25) is 0 Å². The molecule has 116 valence electrons. The summed E-state index contributed by atoms with van der Waals surface area (Å²) in [5, 5.41) is 3.69. The van der Waals surface area contributed by atoms with Crippen molar-refractivity contribution in [3.63, 3.8) is 0 Å². The van der Waals surface area contributed by atoms with Crippen LogP contribution in [0.5, 0.6) is 0 Å². The monoisotopic (exact) mass is 292 g/mol. The predicted molar refractivity (Wildman–Crippen MR) is 83.2 cm³/mol. The van der Waals surface area contributed by atoms with Gasteiger partial charge in [-0.05, 0) is 49.9 Å². The lowest BCUT2D eigenvalue weighted by molar-refractivity contribution is 0.0186. The molecule has 21 heavy (non-hydrogen) atoms. The van der Waals surface area contributed by atoms with Crippen molar-refractivity contribution in [2.75, 3.05) is 38.3 Å². The van der Waals surface area contributed by atoms with Gasteiger partial charge in [-0.25, -0.2) is 4.39 Å². The van der Waals surface area contributed by atoms with Crippen molar-refractivity contribution in [2.45, 2.75) is 31.7 Å². The molecule has 1 heterocycles. The SMILES string of the molecule is CN(CC1(CNC2CC2)CCOCC1)c1ccc(F)cc1. The Kier molecular flexibility index (Phi) is 4.45. The average molecular weight is 292 g/mol. The van der Waals surface area contributed by atoms with Gasteiger partial charge in [0.25, 0.3) is 0 Å². The molecule has 4 heteroatoms. The van der Waals surface area contributed by atoms with E-state index in [1.165, 1.54) is 25.0 Å². The first kappa shape index (κ1) is 14.8. The number of rotatable bonds is 6. The van der Waals surface area contributed by atoms with Gasteiger partial charge in [-0.1, -0.05) is 0 Å². The molecule has 1 aromatic carbocycles. The second-order valence-electron chi connectivity index (χ2n) is 6.60. The molecule has 0 bridgehead atoms. The molecule has 0 radical (unpaired) electrons. The van der Waals surface area contributed by atoms with E-state index in [0.29, 0.717) is 0 Å². The summed E-state index contributed by atoms with van der Waals surface area (Å²) in [5.74, 6) is -0.177. The van der Waals surface area contributed by atoms with Crippen molar-refractivity contribution in [1.82, 2.24) is 5.32 Å². The lowest BCUT2D eigenvalue weighted by atomic mass is 9.79. The van der Waals surface area contributed by atoms with E-state index in [-0.39, 0.29) is 11.2 Å². The Balaban J connectivity index is 1.65. The van der Waals surface area contributed by atoms with E-state index in [2.05, 4.69) is 17.3 Å². The summed E-state index contributed by atoms with van der Waals surface area (Å²) in [7, 11) is 2.10. The van der Waals surface area contributed by atoms with E-state index in [9.17, 15) is 4.39 Å². The van der Waals surface area contributed by atoms with Crippen LogP contribution < -0.4 is 10.2 Å². The Morgan fingerprint density at radius 3 is 2.52 bits per heavy atom. The number of benzene rings is 1. The maximum atomic E-state index is 13.1. The minimum Gasteiger partial charge on any atom is -0.381 e. The molecule has 0 unspecified atom stereocenters. The third-order valence-electron chi connectivity index (χ3n) is 4.74. The largest absolute Gasteiger partial charge is 0.381 e. The van der Waals surface area contributed by atoms with Crippen LogP contribution in [0.2, 0.25) is 0 Å². The highest BCUT2D eigenvalue weighted by atomic mass is 19.1. The summed E-state index contributed by atoms with van der Waals surface area (Å²) >= 11 is 0. The molecule has 1 aromatic rings. The zero-order valence-electron chi connectivity index (χ0n) is 12.8. The highest BCUT2D eigenvalue weighted by Gasteiger charge is 2.35. The van der Waals surface area contributed by atoms with Crippen molar-refractivity contribution >= 4 is 5.69 Å². The van der Waals surface area contributed by atoms with Gasteiger partial charge < -0.3 is 15.0 Å². The molecule has 0 atom stereocenters. The topological polar surface area (TPSA) is 24.5 Å². The summed E-state index contributed by atoms with van der Waals surface area (Å²) in [6.07, 6.45) is 4.83. The van der Waals surface area contributed by atoms with Crippen LogP contribution in [0.15, 0.2) is 24.3 Å². The zero-order chi connectivity index (χ0) is 14.7. The highest BCUT2D eigenvalue weighted by molar-refractivity contribution is 5.45. The average Bonchev–Trinajstić information content (AvgIpc) is 3.31. The van der Waals surface area contributed by atoms with Crippen LogP contribution >= 0.6 is 0 Å². The van der Waals surface area contributed by atoms with Gasteiger partial charge in [-0.2, -0.15) is 0 Å².